The lowest BCUT2D eigenvalue weighted by atomic mass is 9.73. The van der Waals surface area contributed by atoms with Crippen LogP contribution in [0.4, 0.5) is 0 Å². The van der Waals surface area contributed by atoms with Crippen LogP contribution in [0.1, 0.15) is 62.5 Å². The van der Waals surface area contributed by atoms with Crippen LogP contribution in [-0.4, -0.2) is 29.3 Å². The number of nitrogens with one attached hydrogen (secondary N) is 1. The van der Waals surface area contributed by atoms with E-state index in [9.17, 15) is 9.59 Å². The summed E-state index contributed by atoms with van der Waals surface area (Å²) in [6.45, 7) is 1.50. The molecule has 1 spiro atoms. The molecule has 1 aromatic rings. The third-order valence-electron chi connectivity index (χ3n) is 6.10. The topological polar surface area (TPSA) is 49.4 Å². The molecule has 0 bridgehead atoms. The van der Waals surface area contributed by atoms with E-state index in [1.807, 2.05) is 4.90 Å². The van der Waals surface area contributed by atoms with Crippen molar-refractivity contribution in [3.8, 4) is 0 Å². The summed E-state index contributed by atoms with van der Waals surface area (Å²) < 4.78 is 0. The number of nitrogens with zero attached hydrogens (tertiary/aromatic N) is 1. The summed E-state index contributed by atoms with van der Waals surface area (Å²) in [6, 6.07) is 8.30. The van der Waals surface area contributed by atoms with Crippen molar-refractivity contribution in [3.05, 3.63) is 35.4 Å². The number of carbonyl (C=O) groups is 2. The van der Waals surface area contributed by atoms with Crippen LogP contribution in [0.5, 0.6) is 0 Å². The van der Waals surface area contributed by atoms with E-state index in [0.29, 0.717) is 13.0 Å². The highest BCUT2D eigenvalue weighted by Crippen LogP contribution is 2.46. The summed E-state index contributed by atoms with van der Waals surface area (Å²) >= 11 is 0. The highest BCUT2D eigenvalue weighted by molar-refractivity contribution is 5.88. The molecule has 128 valence electrons. The van der Waals surface area contributed by atoms with Crippen LogP contribution in [0.2, 0.25) is 0 Å². The Bertz CT molecular complexity index is 649. The predicted octanol–water partition coefficient (Wildman–Crippen LogP) is 2.90. The maximum absolute atomic E-state index is 13.1. The number of hydrogen-bond donors (Lipinski definition) is 1. The van der Waals surface area contributed by atoms with E-state index >= 15 is 0 Å². The van der Waals surface area contributed by atoms with Crippen LogP contribution in [0.15, 0.2) is 24.3 Å². The number of rotatable bonds is 1. The average Bonchev–Trinajstić information content (AvgIpc) is 2.94. The lowest BCUT2D eigenvalue weighted by Crippen LogP contribution is -2.53. The second-order valence-electron chi connectivity index (χ2n) is 7.70. The first-order valence-corrected chi connectivity index (χ1v) is 9.35. The molecule has 3 aliphatic rings. The highest BCUT2D eigenvalue weighted by atomic mass is 16.2. The normalized spacial score (nSPS) is 25.9. The first kappa shape index (κ1) is 15.7. The van der Waals surface area contributed by atoms with Crippen molar-refractivity contribution in [2.24, 2.45) is 0 Å². The Balaban J connectivity index is 1.60. The van der Waals surface area contributed by atoms with E-state index in [-0.39, 0.29) is 23.3 Å². The van der Waals surface area contributed by atoms with Gasteiger partial charge < -0.3 is 10.2 Å². The van der Waals surface area contributed by atoms with Gasteiger partial charge in [0.1, 0.15) is 6.04 Å². The van der Waals surface area contributed by atoms with E-state index in [0.717, 1.165) is 25.8 Å². The average molecular weight is 326 g/mol. The first-order valence-electron chi connectivity index (χ1n) is 9.35. The number of benzene rings is 1. The molecular weight excluding hydrogens is 300 g/mol. The van der Waals surface area contributed by atoms with Gasteiger partial charge in [0.15, 0.2) is 0 Å². The van der Waals surface area contributed by atoms with E-state index in [2.05, 4.69) is 29.6 Å². The SMILES string of the molecule is O=C1CCCCC(C(=O)N2Cc3ccccc3C3(CCCC3)C2)N1. The molecule has 4 heteroatoms. The quantitative estimate of drug-likeness (QED) is 0.863. The Hall–Kier alpha value is -1.84. The van der Waals surface area contributed by atoms with Crippen molar-refractivity contribution in [3.63, 3.8) is 0 Å². The van der Waals surface area contributed by atoms with Crippen LogP contribution in [0, 0.1) is 0 Å². The molecule has 4 nitrogen and oxygen atoms in total. The molecule has 24 heavy (non-hydrogen) atoms. The van der Waals surface area contributed by atoms with Gasteiger partial charge in [-0.05, 0) is 36.8 Å². The molecule has 1 N–H and O–H groups in total. The Labute approximate surface area is 143 Å². The smallest absolute Gasteiger partial charge is 0.245 e. The molecule has 1 aromatic carbocycles. The molecule has 1 saturated carbocycles. The van der Waals surface area contributed by atoms with Crippen LogP contribution in [0.25, 0.3) is 0 Å². The van der Waals surface area contributed by atoms with Gasteiger partial charge in [-0.15, -0.1) is 0 Å². The van der Waals surface area contributed by atoms with E-state index in [1.165, 1.54) is 36.8 Å². The molecule has 2 heterocycles. The minimum absolute atomic E-state index is 0.0267. The van der Waals surface area contributed by atoms with Gasteiger partial charge in [-0.3, -0.25) is 9.59 Å². The van der Waals surface area contributed by atoms with Gasteiger partial charge in [0, 0.05) is 24.9 Å². The Morgan fingerprint density at radius 2 is 1.92 bits per heavy atom. The standard InChI is InChI=1S/C20H26N2O2/c23-18-10-4-3-9-17(21-18)19(24)22-13-15-7-1-2-8-16(15)20(14-22)11-5-6-12-20/h1-2,7-8,17H,3-6,9-14H2,(H,21,23). The molecule has 1 atom stereocenters. The van der Waals surface area contributed by atoms with Crippen molar-refractivity contribution in [2.45, 2.75) is 69.4 Å². The molecule has 0 radical (unpaired) electrons. The maximum Gasteiger partial charge on any atom is 0.245 e. The molecule has 4 rings (SSSR count). The van der Waals surface area contributed by atoms with Crippen LogP contribution in [-0.2, 0) is 21.5 Å². The van der Waals surface area contributed by atoms with Crippen LogP contribution >= 0.6 is 0 Å². The van der Waals surface area contributed by atoms with Gasteiger partial charge in [-0.2, -0.15) is 0 Å². The van der Waals surface area contributed by atoms with E-state index in [4.69, 9.17) is 0 Å². The van der Waals surface area contributed by atoms with E-state index < -0.39 is 0 Å². The zero-order chi connectivity index (χ0) is 16.6. The van der Waals surface area contributed by atoms with Crippen molar-refractivity contribution in [1.82, 2.24) is 10.2 Å². The zero-order valence-corrected chi connectivity index (χ0v) is 14.2. The molecule has 1 unspecified atom stereocenters. The first-order chi connectivity index (χ1) is 11.7. The Morgan fingerprint density at radius 1 is 1.12 bits per heavy atom. The summed E-state index contributed by atoms with van der Waals surface area (Å²) in [7, 11) is 0. The molecule has 1 saturated heterocycles. The summed E-state index contributed by atoms with van der Waals surface area (Å²) in [6.07, 6.45) is 8.00. The second kappa shape index (κ2) is 6.23. The van der Waals surface area contributed by atoms with Gasteiger partial charge in [-0.25, -0.2) is 0 Å². The molecule has 2 amide bonds. The zero-order valence-electron chi connectivity index (χ0n) is 14.2. The van der Waals surface area contributed by atoms with E-state index in [1.54, 1.807) is 0 Å². The maximum atomic E-state index is 13.1. The molecule has 0 aromatic heterocycles. The summed E-state index contributed by atoms with van der Waals surface area (Å²) in [5.41, 5.74) is 2.88. The number of carbonyl (C=O) groups excluding carboxylic acids is 2. The molecule has 2 fully saturated rings. The number of fused-ring (bicyclic) bond motifs is 2. The van der Waals surface area contributed by atoms with Crippen LogP contribution in [0.3, 0.4) is 0 Å². The fourth-order valence-electron chi connectivity index (χ4n) is 4.90. The van der Waals surface area contributed by atoms with Crippen molar-refractivity contribution in [2.75, 3.05) is 6.54 Å². The van der Waals surface area contributed by atoms with Gasteiger partial charge in [0.25, 0.3) is 0 Å². The summed E-state index contributed by atoms with van der Waals surface area (Å²) in [5.74, 6) is 0.143. The lowest BCUT2D eigenvalue weighted by molar-refractivity contribution is -0.138. The predicted molar refractivity (Wildman–Crippen MR) is 92.4 cm³/mol. The molecular formula is C20H26N2O2. The summed E-state index contributed by atoms with van der Waals surface area (Å²) in [5, 5.41) is 2.95. The monoisotopic (exact) mass is 326 g/mol. The largest absolute Gasteiger partial charge is 0.344 e. The third kappa shape index (κ3) is 2.72. The minimum atomic E-state index is -0.330. The van der Waals surface area contributed by atoms with Gasteiger partial charge in [-0.1, -0.05) is 43.5 Å². The highest BCUT2D eigenvalue weighted by Gasteiger charge is 2.43. The Morgan fingerprint density at radius 3 is 2.75 bits per heavy atom. The third-order valence-corrected chi connectivity index (χ3v) is 6.10. The number of hydrogen-bond acceptors (Lipinski definition) is 2. The molecule has 2 aliphatic heterocycles. The Kier molecular flexibility index (Phi) is 4.07. The van der Waals surface area contributed by atoms with Gasteiger partial charge >= 0.3 is 0 Å². The van der Waals surface area contributed by atoms with Gasteiger partial charge in [0.2, 0.25) is 11.8 Å². The fourth-order valence-corrected chi connectivity index (χ4v) is 4.90. The summed E-state index contributed by atoms with van der Waals surface area (Å²) in [4.78, 5) is 27.0. The second-order valence-corrected chi connectivity index (χ2v) is 7.70. The van der Waals surface area contributed by atoms with Gasteiger partial charge in [0.05, 0.1) is 0 Å². The minimum Gasteiger partial charge on any atom is -0.344 e. The van der Waals surface area contributed by atoms with Crippen molar-refractivity contribution < 1.29 is 9.59 Å². The van der Waals surface area contributed by atoms with Crippen molar-refractivity contribution >= 4 is 11.8 Å². The molecule has 1 aliphatic carbocycles. The van der Waals surface area contributed by atoms with Crippen molar-refractivity contribution in [1.29, 1.82) is 0 Å². The fraction of sp³-hybridized carbons (Fsp3) is 0.600. The van der Waals surface area contributed by atoms with Crippen LogP contribution < -0.4 is 5.32 Å². The lowest BCUT2D eigenvalue weighted by Gasteiger charge is -2.43. The number of amides is 2.